The zero-order valence-corrected chi connectivity index (χ0v) is 14.3. The number of benzene rings is 2. The van der Waals surface area contributed by atoms with Crippen LogP contribution in [0.3, 0.4) is 0 Å². The van der Waals surface area contributed by atoms with Gasteiger partial charge in [0, 0.05) is 0 Å². The third-order valence-corrected chi connectivity index (χ3v) is 3.86. The van der Waals surface area contributed by atoms with E-state index < -0.39 is 0 Å². The molecule has 1 heterocycles. The fourth-order valence-corrected chi connectivity index (χ4v) is 2.66. The van der Waals surface area contributed by atoms with Crippen LogP contribution in [0.5, 0.6) is 0 Å². The molecular weight excluding hydrogens is 312 g/mol. The van der Waals surface area contributed by atoms with Crippen molar-refractivity contribution in [3.8, 4) is 5.69 Å². The molecule has 4 nitrogen and oxygen atoms in total. The second-order valence-electron chi connectivity index (χ2n) is 5.56. The number of nitrogens with zero attached hydrogens (tertiary/aromatic N) is 2. The second kappa shape index (κ2) is 7.62. The van der Waals surface area contributed by atoms with E-state index >= 15 is 0 Å². The van der Waals surface area contributed by atoms with E-state index in [1.807, 2.05) is 79.7 Å². The fraction of sp³-hybridized carbons (Fsp3) is 0.143. The Morgan fingerprint density at radius 1 is 1.04 bits per heavy atom. The number of para-hydroxylation sites is 1. The van der Waals surface area contributed by atoms with Crippen LogP contribution in [0.15, 0.2) is 60.7 Å². The first-order chi connectivity index (χ1) is 12.2. The van der Waals surface area contributed by atoms with Crippen molar-refractivity contribution in [2.75, 3.05) is 6.61 Å². The molecule has 0 aliphatic rings. The summed E-state index contributed by atoms with van der Waals surface area (Å²) in [5.41, 5.74) is 3.81. The molecule has 0 spiro atoms. The Balaban J connectivity index is 2.06. The van der Waals surface area contributed by atoms with Gasteiger partial charge in [0.2, 0.25) is 0 Å². The molecule has 126 valence electrons. The Hall–Kier alpha value is -3.14. The highest BCUT2D eigenvalue weighted by molar-refractivity contribution is 5.95. The monoisotopic (exact) mass is 332 g/mol. The highest BCUT2D eigenvalue weighted by Gasteiger charge is 2.21. The SMILES string of the molecule is CCOC(=O)c1c(/C=C/c2ccccc2)nn(-c2ccccc2)c1C. The van der Waals surface area contributed by atoms with Crippen LogP contribution in [-0.2, 0) is 4.74 Å². The second-order valence-corrected chi connectivity index (χ2v) is 5.56. The Labute approximate surface area is 147 Å². The lowest BCUT2D eigenvalue weighted by Crippen LogP contribution is -2.07. The Morgan fingerprint density at radius 2 is 1.68 bits per heavy atom. The van der Waals surface area contributed by atoms with Crippen molar-refractivity contribution in [3.63, 3.8) is 0 Å². The van der Waals surface area contributed by atoms with Crippen LogP contribution >= 0.6 is 0 Å². The molecular formula is C21H20N2O2. The smallest absolute Gasteiger partial charge is 0.342 e. The van der Waals surface area contributed by atoms with Gasteiger partial charge in [0.25, 0.3) is 0 Å². The van der Waals surface area contributed by atoms with E-state index in [0.29, 0.717) is 17.9 Å². The zero-order valence-electron chi connectivity index (χ0n) is 14.3. The lowest BCUT2D eigenvalue weighted by atomic mass is 10.1. The van der Waals surface area contributed by atoms with E-state index in [1.165, 1.54) is 0 Å². The molecule has 25 heavy (non-hydrogen) atoms. The molecule has 0 N–H and O–H groups in total. The lowest BCUT2D eigenvalue weighted by Gasteiger charge is -2.04. The zero-order chi connectivity index (χ0) is 17.6. The molecule has 0 unspecified atom stereocenters. The average molecular weight is 332 g/mol. The largest absolute Gasteiger partial charge is 0.462 e. The average Bonchev–Trinajstić information content (AvgIpc) is 2.98. The summed E-state index contributed by atoms with van der Waals surface area (Å²) in [5, 5.41) is 4.63. The molecule has 0 radical (unpaired) electrons. The van der Waals surface area contributed by atoms with Crippen LogP contribution < -0.4 is 0 Å². The normalized spacial score (nSPS) is 11.0. The number of rotatable bonds is 5. The van der Waals surface area contributed by atoms with Crippen molar-refractivity contribution < 1.29 is 9.53 Å². The first-order valence-electron chi connectivity index (χ1n) is 8.26. The Bertz CT molecular complexity index is 881. The summed E-state index contributed by atoms with van der Waals surface area (Å²) in [4.78, 5) is 12.4. The summed E-state index contributed by atoms with van der Waals surface area (Å²) in [6, 6.07) is 19.7. The molecule has 0 aliphatic heterocycles. The third-order valence-electron chi connectivity index (χ3n) is 3.86. The molecule has 0 amide bonds. The van der Waals surface area contributed by atoms with E-state index in [-0.39, 0.29) is 5.97 Å². The van der Waals surface area contributed by atoms with Crippen molar-refractivity contribution >= 4 is 18.1 Å². The maximum atomic E-state index is 12.4. The van der Waals surface area contributed by atoms with Crippen molar-refractivity contribution in [2.45, 2.75) is 13.8 Å². The highest BCUT2D eigenvalue weighted by Crippen LogP contribution is 2.21. The summed E-state index contributed by atoms with van der Waals surface area (Å²) in [6.45, 7) is 4.01. The summed E-state index contributed by atoms with van der Waals surface area (Å²) in [5.74, 6) is -0.352. The minimum atomic E-state index is -0.352. The van der Waals surface area contributed by atoms with E-state index in [9.17, 15) is 4.79 Å². The minimum absolute atomic E-state index is 0.330. The van der Waals surface area contributed by atoms with E-state index in [4.69, 9.17) is 4.74 Å². The van der Waals surface area contributed by atoms with Crippen molar-refractivity contribution in [2.24, 2.45) is 0 Å². The van der Waals surface area contributed by atoms with Gasteiger partial charge in [0.05, 0.1) is 18.0 Å². The predicted molar refractivity (Wildman–Crippen MR) is 99.6 cm³/mol. The fourth-order valence-electron chi connectivity index (χ4n) is 2.66. The molecule has 0 atom stereocenters. The van der Waals surface area contributed by atoms with Crippen molar-refractivity contribution in [1.29, 1.82) is 0 Å². The number of carbonyl (C=O) groups excluding carboxylic acids is 1. The van der Waals surface area contributed by atoms with Crippen LogP contribution in [0, 0.1) is 6.92 Å². The van der Waals surface area contributed by atoms with Crippen LogP contribution in [0.2, 0.25) is 0 Å². The van der Waals surface area contributed by atoms with Crippen molar-refractivity contribution in [1.82, 2.24) is 9.78 Å². The first kappa shape index (κ1) is 16.7. The number of hydrogen-bond acceptors (Lipinski definition) is 3. The summed E-state index contributed by atoms with van der Waals surface area (Å²) in [7, 11) is 0. The lowest BCUT2D eigenvalue weighted by molar-refractivity contribution is 0.0525. The molecule has 4 heteroatoms. The van der Waals surface area contributed by atoms with Crippen LogP contribution in [-0.4, -0.2) is 22.4 Å². The van der Waals surface area contributed by atoms with E-state index in [2.05, 4.69) is 5.10 Å². The van der Waals surface area contributed by atoms with Gasteiger partial charge >= 0.3 is 5.97 Å². The van der Waals surface area contributed by atoms with Gasteiger partial charge in [-0.1, -0.05) is 54.6 Å². The Kier molecular flexibility index (Phi) is 5.09. The quantitative estimate of drug-likeness (QED) is 0.645. The molecule has 2 aromatic carbocycles. The van der Waals surface area contributed by atoms with Gasteiger partial charge in [0.1, 0.15) is 11.3 Å². The molecule has 0 saturated heterocycles. The van der Waals surface area contributed by atoms with Gasteiger partial charge in [-0.15, -0.1) is 0 Å². The van der Waals surface area contributed by atoms with Crippen LogP contribution in [0.25, 0.3) is 17.8 Å². The van der Waals surface area contributed by atoms with Gasteiger partial charge in [-0.25, -0.2) is 9.48 Å². The molecule has 0 saturated carbocycles. The number of ether oxygens (including phenoxy) is 1. The first-order valence-corrected chi connectivity index (χ1v) is 8.26. The molecule has 0 aliphatic carbocycles. The van der Waals surface area contributed by atoms with Crippen molar-refractivity contribution in [3.05, 3.63) is 83.2 Å². The molecule has 1 aromatic heterocycles. The summed E-state index contributed by atoms with van der Waals surface area (Å²) < 4.78 is 7.00. The highest BCUT2D eigenvalue weighted by atomic mass is 16.5. The number of esters is 1. The van der Waals surface area contributed by atoms with Gasteiger partial charge in [-0.2, -0.15) is 5.10 Å². The summed E-state index contributed by atoms with van der Waals surface area (Å²) in [6.07, 6.45) is 3.80. The molecule has 3 aromatic rings. The van der Waals surface area contributed by atoms with Gasteiger partial charge in [-0.05, 0) is 37.6 Å². The summed E-state index contributed by atoms with van der Waals surface area (Å²) >= 11 is 0. The third kappa shape index (κ3) is 3.69. The van der Waals surface area contributed by atoms with E-state index in [1.54, 1.807) is 11.6 Å². The van der Waals surface area contributed by atoms with Crippen LogP contribution in [0.1, 0.15) is 34.2 Å². The van der Waals surface area contributed by atoms with Gasteiger partial charge in [0.15, 0.2) is 0 Å². The molecule has 0 bridgehead atoms. The van der Waals surface area contributed by atoms with Crippen LogP contribution in [0.4, 0.5) is 0 Å². The molecule has 3 rings (SSSR count). The predicted octanol–water partition coefficient (Wildman–Crippen LogP) is 4.53. The maximum absolute atomic E-state index is 12.4. The Morgan fingerprint density at radius 3 is 2.32 bits per heavy atom. The standard InChI is InChI=1S/C21H20N2O2/c1-3-25-21(24)20-16(2)23(18-12-8-5-9-13-18)22-19(20)15-14-17-10-6-4-7-11-17/h4-15H,3H2,1-2H3/b15-14+. The maximum Gasteiger partial charge on any atom is 0.342 e. The number of aromatic nitrogens is 2. The van der Waals surface area contributed by atoms with E-state index in [0.717, 1.165) is 16.9 Å². The van der Waals surface area contributed by atoms with Gasteiger partial charge in [-0.3, -0.25) is 0 Å². The van der Waals surface area contributed by atoms with Gasteiger partial charge < -0.3 is 4.74 Å². The minimum Gasteiger partial charge on any atom is -0.462 e. The number of carbonyl (C=O) groups is 1. The molecule has 0 fully saturated rings. The topological polar surface area (TPSA) is 44.1 Å². The number of hydrogen-bond donors (Lipinski definition) is 0.